The van der Waals surface area contributed by atoms with Gasteiger partial charge in [0.25, 0.3) is 0 Å². The monoisotopic (exact) mass is 320 g/mol. The fourth-order valence-corrected chi connectivity index (χ4v) is 2.73. The molecule has 1 aromatic carbocycles. The fraction of sp³-hybridized carbons (Fsp3) is 0.500. The van der Waals surface area contributed by atoms with Gasteiger partial charge in [0.15, 0.2) is 0 Å². The number of likely N-dealkylation sites (N-methyl/N-ethyl adjacent to an activating group) is 1. The maximum absolute atomic E-state index is 13.4. The second-order valence-electron chi connectivity index (χ2n) is 5.82. The lowest BCUT2D eigenvalue weighted by Crippen LogP contribution is -2.47. The molecular formula is C16H21FN4O2. The number of carbonyl (C=O) groups excluding carboxylic acids is 1. The summed E-state index contributed by atoms with van der Waals surface area (Å²) in [6, 6.07) is 6.46. The zero-order valence-electron chi connectivity index (χ0n) is 13.2. The molecule has 0 saturated carbocycles. The summed E-state index contributed by atoms with van der Waals surface area (Å²) >= 11 is 0. The molecule has 1 saturated heterocycles. The van der Waals surface area contributed by atoms with Crippen molar-refractivity contribution in [1.82, 2.24) is 9.80 Å². The second kappa shape index (κ2) is 8.02. The first-order chi connectivity index (χ1) is 11.0. The number of hydrogen-bond donors (Lipinski definition) is 1. The van der Waals surface area contributed by atoms with Crippen LogP contribution in [-0.4, -0.2) is 61.6 Å². The van der Waals surface area contributed by atoms with Gasteiger partial charge in [0.2, 0.25) is 5.91 Å². The van der Waals surface area contributed by atoms with E-state index < -0.39 is 5.82 Å². The van der Waals surface area contributed by atoms with Gasteiger partial charge in [-0.3, -0.25) is 14.6 Å². The van der Waals surface area contributed by atoms with Crippen molar-refractivity contribution in [1.29, 1.82) is 5.26 Å². The minimum Gasteiger partial charge on any atom is -0.374 e. The summed E-state index contributed by atoms with van der Waals surface area (Å²) in [7, 11) is 1.83. The van der Waals surface area contributed by atoms with E-state index in [2.05, 4.69) is 4.90 Å². The van der Waals surface area contributed by atoms with Gasteiger partial charge in [-0.05, 0) is 24.7 Å². The molecule has 1 atom stereocenters. The number of rotatable bonds is 6. The van der Waals surface area contributed by atoms with Gasteiger partial charge >= 0.3 is 0 Å². The van der Waals surface area contributed by atoms with E-state index >= 15 is 0 Å². The zero-order chi connectivity index (χ0) is 16.8. The van der Waals surface area contributed by atoms with Gasteiger partial charge in [-0.25, -0.2) is 4.39 Å². The van der Waals surface area contributed by atoms with E-state index in [9.17, 15) is 9.18 Å². The van der Waals surface area contributed by atoms with Gasteiger partial charge < -0.3 is 10.5 Å². The largest absolute Gasteiger partial charge is 0.374 e. The lowest BCUT2D eigenvalue weighted by Gasteiger charge is -2.34. The number of halogens is 1. The van der Waals surface area contributed by atoms with E-state index in [4.69, 9.17) is 15.7 Å². The van der Waals surface area contributed by atoms with Gasteiger partial charge in [0.05, 0.1) is 24.8 Å². The molecule has 2 N–H and O–H groups in total. The molecule has 1 aromatic rings. The van der Waals surface area contributed by atoms with Crippen LogP contribution in [0.3, 0.4) is 0 Å². The molecule has 0 aromatic heterocycles. The van der Waals surface area contributed by atoms with Crippen LogP contribution in [0.1, 0.15) is 11.1 Å². The number of ether oxygens (including phenoxy) is 1. The number of amides is 1. The van der Waals surface area contributed by atoms with Crippen molar-refractivity contribution >= 4 is 5.91 Å². The van der Waals surface area contributed by atoms with Crippen molar-refractivity contribution in [3.8, 4) is 6.07 Å². The number of hydrogen-bond acceptors (Lipinski definition) is 5. The van der Waals surface area contributed by atoms with E-state index in [1.165, 1.54) is 6.07 Å². The highest BCUT2D eigenvalue weighted by atomic mass is 19.1. The Balaban J connectivity index is 1.91. The van der Waals surface area contributed by atoms with Gasteiger partial charge in [-0.1, -0.05) is 6.07 Å². The molecule has 1 aliphatic heterocycles. The SMILES string of the molecule is CN(CC(N)=O)CC1CN(Cc2ccc(F)c(C#N)c2)CCO1. The number of benzene rings is 1. The van der Waals surface area contributed by atoms with Gasteiger partial charge in [-0.15, -0.1) is 0 Å². The smallest absolute Gasteiger partial charge is 0.231 e. The Morgan fingerprint density at radius 3 is 3.09 bits per heavy atom. The van der Waals surface area contributed by atoms with Crippen molar-refractivity contribution in [3.05, 3.63) is 35.1 Å². The first-order valence-electron chi connectivity index (χ1n) is 7.47. The zero-order valence-corrected chi connectivity index (χ0v) is 13.2. The molecule has 1 heterocycles. The minimum atomic E-state index is -0.496. The highest BCUT2D eigenvalue weighted by Crippen LogP contribution is 2.14. The Labute approximate surface area is 135 Å². The molecule has 1 amide bonds. The highest BCUT2D eigenvalue weighted by Gasteiger charge is 2.22. The predicted molar refractivity (Wildman–Crippen MR) is 82.8 cm³/mol. The van der Waals surface area contributed by atoms with Gasteiger partial charge in [0, 0.05) is 26.2 Å². The van der Waals surface area contributed by atoms with Crippen LogP contribution >= 0.6 is 0 Å². The summed E-state index contributed by atoms with van der Waals surface area (Å²) in [4.78, 5) is 14.9. The molecule has 0 spiro atoms. The van der Waals surface area contributed by atoms with E-state index in [0.29, 0.717) is 26.2 Å². The average molecular weight is 320 g/mol. The number of nitriles is 1. The molecule has 1 unspecified atom stereocenters. The summed E-state index contributed by atoms with van der Waals surface area (Å²) in [6.07, 6.45) is -0.0102. The first kappa shape index (κ1) is 17.3. The normalized spacial score (nSPS) is 18.8. The van der Waals surface area contributed by atoms with Crippen molar-refractivity contribution in [2.45, 2.75) is 12.6 Å². The van der Waals surface area contributed by atoms with Crippen LogP contribution in [0.4, 0.5) is 4.39 Å². The quantitative estimate of drug-likeness (QED) is 0.816. The number of morpholine rings is 1. The van der Waals surface area contributed by atoms with Crippen molar-refractivity contribution in [2.75, 3.05) is 39.8 Å². The molecular weight excluding hydrogens is 299 g/mol. The molecule has 124 valence electrons. The van der Waals surface area contributed by atoms with Crippen LogP contribution in [0.5, 0.6) is 0 Å². The predicted octanol–water partition coefficient (Wildman–Crippen LogP) is 0.315. The lowest BCUT2D eigenvalue weighted by molar-refractivity contribution is -0.119. The highest BCUT2D eigenvalue weighted by molar-refractivity contribution is 5.75. The van der Waals surface area contributed by atoms with E-state index in [1.54, 1.807) is 12.1 Å². The topological polar surface area (TPSA) is 82.6 Å². The molecule has 23 heavy (non-hydrogen) atoms. The Morgan fingerprint density at radius 2 is 2.39 bits per heavy atom. The van der Waals surface area contributed by atoms with Crippen LogP contribution in [0.25, 0.3) is 0 Å². The fourth-order valence-electron chi connectivity index (χ4n) is 2.73. The second-order valence-corrected chi connectivity index (χ2v) is 5.82. The number of nitrogens with zero attached hydrogens (tertiary/aromatic N) is 3. The van der Waals surface area contributed by atoms with Crippen LogP contribution in [-0.2, 0) is 16.1 Å². The standard InChI is InChI=1S/C16H21FN4O2/c1-20(11-16(19)22)9-14-10-21(4-5-23-14)8-12-2-3-15(17)13(6-12)7-18/h2-3,6,14H,4-5,8-11H2,1H3,(H2,19,22). The first-order valence-corrected chi connectivity index (χ1v) is 7.47. The third kappa shape index (κ3) is 5.28. The van der Waals surface area contributed by atoms with Crippen molar-refractivity contribution < 1.29 is 13.9 Å². The summed E-state index contributed by atoms with van der Waals surface area (Å²) < 4.78 is 19.1. The number of nitrogens with two attached hydrogens (primary N) is 1. The molecule has 2 rings (SSSR count). The average Bonchev–Trinajstić information content (AvgIpc) is 2.48. The van der Waals surface area contributed by atoms with Crippen molar-refractivity contribution in [3.63, 3.8) is 0 Å². The van der Waals surface area contributed by atoms with Crippen molar-refractivity contribution in [2.24, 2.45) is 5.73 Å². The Morgan fingerprint density at radius 1 is 1.61 bits per heavy atom. The molecule has 6 nitrogen and oxygen atoms in total. The molecule has 0 bridgehead atoms. The summed E-state index contributed by atoms with van der Waals surface area (Å²) in [5, 5.41) is 8.90. The van der Waals surface area contributed by atoms with E-state index in [0.717, 1.165) is 12.1 Å². The van der Waals surface area contributed by atoms with Crippen LogP contribution < -0.4 is 5.73 Å². The molecule has 1 fully saturated rings. The maximum atomic E-state index is 13.4. The number of primary amides is 1. The minimum absolute atomic E-state index is 0.0102. The third-order valence-electron chi connectivity index (χ3n) is 3.72. The third-order valence-corrected chi connectivity index (χ3v) is 3.72. The lowest BCUT2D eigenvalue weighted by atomic mass is 10.1. The summed E-state index contributed by atoms with van der Waals surface area (Å²) in [5.74, 6) is -0.861. The molecule has 0 aliphatic carbocycles. The maximum Gasteiger partial charge on any atom is 0.231 e. The summed E-state index contributed by atoms with van der Waals surface area (Å²) in [6.45, 7) is 3.53. The van der Waals surface area contributed by atoms with Gasteiger partial charge in [0.1, 0.15) is 11.9 Å². The molecule has 1 aliphatic rings. The Bertz CT molecular complexity index is 602. The molecule has 0 radical (unpaired) electrons. The molecule has 7 heteroatoms. The van der Waals surface area contributed by atoms with Crippen LogP contribution in [0, 0.1) is 17.1 Å². The van der Waals surface area contributed by atoms with Crippen LogP contribution in [0.2, 0.25) is 0 Å². The summed E-state index contributed by atoms with van der Waals surface area (Å²) in [5.41, 5.74) is 6.14. The van der Waals surface area contributed by atoms with Crippen LogP contribution in [0.15, 0.2) is 18.2 Å². The van der Waals surface area contributed by atoms with E-state index in [-0.39, 0.29) is 24.1 Å². The Hall–Kier alpha value is -2.01. The number of carbonyl (C=O) groups is 1. The van der Waals surface area contributed by atoms with Gasteiger partial charge in [-0.2, -0.15) is 5.26 Å². The Kier molecular flexibility index (Phi) is 6.04. The van der Waals surface area contributed by atoms with E-state index in [1.807, 2.05) is 18.0 Å².